The summed E-state index contributed by atoms with van der Waals surface area (Å²) < 4.78 is 5.40. The fraction of sp³-hybridized carbons (Fsp3) is 0.278. The molecule has 122 valence electrons. The van der Waals surface area contributed by atoms with E-state index in [1.54, 1.807) is 11.3 Å². The molecule has 0 unspecified atom stereocenters. The van der Waals surface area contributed by atoms with E-state index in [4.69, 9.17) is 4.52 Å². The first kappa shape index (κ1) is 15.1. The number of hydrogen-bond acceptors (Lipinski definition) is 5. The number of likely N-dealkylation sites (tertiary alicyclic amines) is 1. The largest absolute Gasteiger partial charge is 0.339 e. The van der Waals surface area contributed by atoms with E-state index in [9.17, 15) is 4.79 Å². The lowest BCUT2D eigenvalue weighted by atomic mass is 10.1. The average Bonchev–Trinajstić information content (AvgIpc) is 3.30. The number of hydrogen-bond donors (Lipinski definition) is 0. The van der Waals surface area contributed by atoms with Crippen LogP contribution in [0.2, 0.25) is 0 Å². The number of rotatable bonds is 4. The highest BCUT2D eigenvalue weighted by atomic mass is 32.1. The fourth-order valence-electron chi connectivity index (χ4n) is 2.91. The maximum atomic E-state index is 12.3. The summed E-state index contributed by atoms with van der Waals surface area (Å²) in [5, 5.41) is 6.02. The summed E-state index contributed by atoms with van der Waals surface area (Å²) in [6, 6.07) is 12.2. The van der Waals surface area contributed by atoms with Crippen molar-refractivity contribution < 1.29 is 9.32 Å². The van der Waals surface area contributed by atoms with Gasteiger partial charge in [-0.3, -0.25) is 4.79 Å². The normalized spacial score (nSPS) is 17.6. The van der Waals surface area contributed by atoms with Crippen LogP contribution in [-0.4, -0.2) is 27.5 Å². The predicted octanol–water partition coefficient (Wildman–Crippen LogP) is 3.62. The Morgan fingerprint density at radius 1 is 1.29 bits per heavy atom. The molecule has 0 N–H and O–H groups in total. The van der Waals surface area contributed by atoms with Gasteiger partial charge in [-0.2, -0.15) is 4.98 Å². The Morgan fingerprint density at radius 3 is 2.88 bits per heavy atom. The minimum Gasteiger partial charge on any atom is -0.339 e. The van der Waals surface area contributed by atoms with Crippen LogP contribution in [0.5, 0.6) is 0 Å². The highest BCUT2D eigenvalue weighted by Gasteiger charge is 2.34. The molecule has 4 rings (SSSR count). The van der Waals surface area contributed by atoms with Crippen molar-refractivity contribution in [3.05, 3.63) is 58.8 Å². The number of nitrogens with zero attached hydrogens (tertiary/aromatic N) is 3. The number of amides is 1. The summed E-state index contributed by atoms with van der Waals surface area (Å²) in [6.45, 7) is 3.31. The molecule has 5 nitrogen and oxygen atoms in total. The molecule has 0 radical (unpaired) electrons. The Balaban J connectivity index is 1.47. The Labute approximate surface area is 143 Å². The molecular weight excluding hydrogens is 322 g/mol. The summed E-state index contributed by atoms with van der Waals surface area (Å²) in [4.78, 5) is 19.6. The first-order valence-electron chi connectivity index (χ1n) is 7.90. The quantitative estimate of drug-likeness (QED) is 0.728. The highest BCUT2D eigenvalue weighted by molar-refractivity contribution is 7.13. The Morgan fingerprint density at radius 2 is 2.12 bits per heavy atom. The van der Waals surface area contributed by atoms with Crippen LogP contribution in [0, 0.1) is 6.92 Å². The molecule has 3 aromatic rings. The third kappa shape index (κ3) is 2.97. The smallest absolute Gasteiger partial charge is 0.232 e. The van der Waals surface area contributed by atoms with E-state index in [0.717, 1.165) is 10.4 Å². The van der Waals surface area contributed by atoms with Crippen LogP contribution in [0.4, 0.5) is 0 Å². The van der Waals surface area contributed by atoms with Gasteiger partial charge in [0.1, 0.15) is 0 Å². The van der Waals surface area contributed by atoms with Gasteiger partial charge in [-0.05, 0) is 23.9 Å². The summed E-state index contributed by atoms with van der Waals surface area (Å²) in [5.74, 6) is 1.27. The van der Waals surface area contributed by atoms with Gasteiger partial charge < -0.3 is 9.42 Å². The molecule has 1 atom stereocenters. The molecule has 0 aliphatic carbocycles. The number of carbonyl (C=O) groups excluding carboxylic acids is 1. The lowest BCUT2D eigenvalue weighted by Crippen LogP contribution is -2.24. The average molecular weight is 339 g/mol. The highest BCUT2D eigenvalue weighted by Crippen LogP contribution is 2.30. The zero-order chi connectivity index (χ0) is 16.5. The number of aromatic nitrogens is 2. The van der Waals surface area contributed by atoms with E-state index in [1.165, 1.54) is 5.56 Å². The van der Waals surface area contributed by atoms with Crippen molar-refractivity contribution in [2.24, 2.45) is 0 Å². The molecule has 1 aromatic carbocycles. The monoisotopic (exact) mass is 339 g/mol. The van der Waals surface area contributed by atoms with Gasteiger partial charge in [0.15, 0.2) is 0 Å². The van der Waals surface area contributed by atoms with Crippen molar-refractivity contribution >= 4 is 17.2 Å². The van der Waals surface area contributed by atoms with E-state index in [2.05, 4.69) is 41.3 Å². The SMILES string of the molecule is Cc1ccc(CN2C[C@@H](c3nc(-c4cccs4)no3)CC2=O)cc1. The van der Waals surface area contributed by atoms with E-state index in [-0.39, 0.29) is 11.8 Å². The van der Waals surface area contributed by atoms with Crippen molar-refractivity contribution in [3.8, 4) is 10.7 Å². The summed E-state index contributed by atoms with van der Waals surface area (Å²) in [5.41, 5.74) is 2.36. The molecule has 0 saturated carbocycles. The molecule has 2 aromatic heterocycles. The lowest BCUT2D eigenvalue weighted by Gasteiger charge is -2.16. The van der Waals surface area contributed by atoms with Crippen molar-refractivity contribution in [1.82, 2.24) is 15.0 Å². The van der Waals surface area contributed by atoms with Gasteiger partial charge in [-0.1, -0.05) is 41.1 Å². The van der Waals surface area contributed by atoms with Crippen molar-refractivity contribution in [1.29, 1.82) is 0 Å². The van der Waals surface area contributed by atoms with Crippen LogP contribution >= 0.6 is 11.3 Å². The van der Waals surface area contributed by atoms with E-state index >= 15 is 0 Å². The standard InChI is InChI=1S/C18H17N3O2S/c1-12-4-6-13(7-5-12)10-21-11-14(9-16(21)22)18-19-17(20-23-18)15-3-2-8-24-15/h2-8,14H,9-11H2,1H3/t14-/m0/s1. The summed E-state index contributed by atoms with van der Waals surface area (Å²) >= 11 is 1.57. The molecule has 3 heterocycles. The molecule has 1 fully saturated rings. The molecule has 1 saturated heterocycles. The Bertz CT molecular complexity index is 840. The first-order valence-corrected chi connectivity index (χ1v) is 8.78. The summed E-state index contributed by atoms with van der Waals surface area (Å²) in [7, 11) is 0. The number of carbonyl (C=O) groups is 1. The molecule has 0 spiro atoms. The first-order chi connectivity index (χ1) is 11.7. The zero-order valence-electron chi connectivity index (χ0n) is 13.3. The summed E-state index contributed by atoms with van der Waals surface area (Å²) in [6.07, 6.45) is 0.429. The zero-order valence-corrected chi connectivity index (χ0v) is 14.1. The topological polar surface area (TPSA) is 59.2 Å². The van der Waals surface area contributed by atoms with E-state index < -0.39 is 0 Å². The lowest BCUT2D eigenvalue weighted by molar-refractivity contribution is -0.128. The Hall–Kier alpha value is -2.47. The minimum atomic E-state index is -0.0239. The predicted molar refractivity (Wildman–Crippen MR) is 91.6 cm³/mol. The third-order valence-electron chi connectivity index (χ3n) is 4.24. The van der Waals surface area contributed by atoms with Gasteiger partial charge in [-0.25, -0.2) is 0 Å². The van der Waals surface area contributed by atoms with E-state index in [1.807, 2.05) is 22.4 Å². The molecule has 1 aliphatic heterocycles. The number of benzene rings is 1. The maximum absolute atomic E-state index is 12.3. The molecule has 6 heteroatoms. The van der Waals surface area contributed by atoms with Gasteiger partial charge in [0.25, 0.3) is 0 Å². The second-order valence-corrected chi connectivity index (χ2v) is 7.04. The molecule has 1 amide bonds. The van der Waals surface area contributed by atoms with Gasteiger partial charge in [-0.15, -0.1) is 11.3 Å². The minimum absolute atomic E-state index is 0.0239. The van der Waals surface area contributed by atoms with Crippen LogP contribution < -0.4 is 0 Å². The van der Waals surface area contributed by atoms with Crippen LogP contribution in [0.1, 0.15) is 29.4 Å². The van der Waals surface area contributed by atoms with Crippen molar-refractivity contribution in [2.75, 3.05) is 6.54 Å². The van der Waals surface area contributed by atoms with Gasteiger partial charge in [0, 0.05) is 19.5 Å². The second-order valence-electron chi connectivity index (χ2n) is 6.09. The fourth-order valence-corrected chi connectivity index (χ4v) is 3.56. The van der Waals surface area contributed by atoms with Gasteiger partial charge in [0.2, 0.25) is 17.6 Å². The van der Waals surface area contributed by atoms with Gasteiger partial charge >= 0.3 is 0 Å². The number of aryl methyl sites for hydroxylation is 1. The van der Waals surface area contributed by atoms with Crippen LogP contribution in [0.15, 0.2) is 46.3 Å². The van der Waals surface area contributed by atoms with Crippen molar-refractivity contribution in [2.45, 2.75) is 25.8 Å². The van der Waals surface area contributed by atoms with Crippen LogP contribution in [0.25, 0.3) is 10.7 Å². The maximum Gasteiger partial charge on any atom is 0.232 e. The van der Waals surface area contributed by atoms with Crippen LogP contribution in [0.3, 0.4) is 0 Å². The second kappa shape index (κ2) is 6.20. The third-order valence-corrected chi connectivity index (χ3v) is 5.11. The molecule has 0 bridgehead atoms. The van der Waals surface area contributed by atoms with Crippen LogP contribution in [-0.2, 0) is 11.3 Å². The molecule has 1 aliphatic rings. The number of thiophene rings is 1. The van der Waals surface area contributed by atoms with Crippen molar-refractivity contribution in [3.63, 3.8) is 0 Å². The van der Waals surface area contributed by atoms with E-state index in [0.29, 0.717) is 31.2 Å². The molecule has 24 heavy (non-hydrogen) atoms. The Kier molecular flexibility index (Phi) is 3.90. The van der Waals surface area contributed by atoms with Gasteiger partial charge in [0.05, 0.1) is 10.8 Å². The molecular formula is C18H17N3O2S.